The summed E-state index contributed by atoms with van der Waals surface area (Å²) < 4.78 is 4.75. The van der Waals surface area contributed by atoms with Gasteiger partial charge < -0.3 is 9.84 Å². The molecule has 2 rings (SSSR count). The first-order valence-electron chi connectivity index (χ1n) is 3.29. The van der Waals surface area contributed by atoms with E-state index in [1.165, 1.54) is 6.07 Å². The second kappa shape index (κ2) is 1.99. The minimum atomic E-state index is -0.304. The molecule has 1 aliphatic heterocycles. The van der Waals surface area contributed by atoms with Gasteiger partial charge in [-0.05, 0) is 6.07 Å². The minimum Gasteiger partial charge on any atom is -0.504 e. The monoisotopic (exact) mass is 150 g/mol. The quantitative estimate of drug-likeness (QED) is 0.440. The van der Waals surface area contributed by atoms with Crippen LogP contribution in [0.25, 0.3) is 0 Å². The molecule has 0 saturated heterocycles. The molecule has 0 radical (unpaired) electrons. The Balaban J connectivity index is 2.57. The van der Waals surface area contributed by atoms with Crippen LogP contribution in [0, 0.1) is 0 Å². The summed E-state index contributed by atoms with van der Waals surface area (Å²) >= 11 is 0. The van der Waals surface area contributed by atoms with Gasteiger partial charge in [0.1, 0.15) is 0 Å². The number of para-hydroxylation sites is 1. The summed E-state index contributed by atoms with van der Waals surface area (Å²) in [6.07, 6.45) is 0.268. The highest BCUT2D eigenvalue weighted by Gasteiger charge is 2.22. The van der Waals surface area contributed by atoms with Gasteiger partial charge in [-0.3, -0.25) is 4.79 Å². The van der Waals surface area contributed by atoms with Gasteiger partial charge in [0.2, 0.25) is 0 Å². The van der Waals surface area contributed by atoms with Crippen molar-refractivity contribution in [3.05, 3.63) is 23.8 Å². The summed E-state index contributed by atoms with van der Waals surface area (Å²) in [4.78, 5) is 10.7. The number of fused-ring (bicyclic) bond motifs is 1. The summed E-state index contributed by atoms with van der Waals surface area (Å²) in [6, 6.07) is 4.95. The number of hydrogen-bond donors (Lipinski definition) is 1. The number of rotatable bonds is 0. The Labute approximate surface area is 63.2 Å². The van der Waals surface area contributed by atoms with Gasteiger partial charge in [-0.2, -0.15) is 0 Å². The van der Waals surface area contributed by atoms with Gasteiger partial charge in [0.05, 0.1) is 6.42 Å². The Morgan fingerprint density at radius 1 is 1.45 bits per heavy atom. The lowest BCUT2D eigenvalue weighted by atomic mass is 10.1. The van der Waals surface area contributed by atoms with Gasteiger partial charge in [-0.1, -0.05) is 12.1 Å². The van der Waals surface area contributed by atoms with Crippen LogP contribution in [0.1, 0.15) is 5.56 Å². The fraction of sp³-hybridized carbons (Fsp3) is 0.125. The van der Waals surface area contributed by atoms with Crippen molar-refractivity contribution in [1.29, 1.82) is 0 Å². The maximum absolute atomic E-state index is 10.7. The minimum absolute atomic E-state index is 0.0355. The molecule has 0 amide bonds. The first-order chi connectivity index (χ1) is 5.27. The zero-order valence-corrected chi connectivity index (χ0v) is 5.70. The molecule has 0 saturated carbocycles. The molecular weight excluding hydrogens is 144 g/mol. The highest BCUT2D eigenvalue weighted by molar-refractivity contribution is 5.82. The van der Waals surface area contributed by atoms with E-state index in [2.05, 4.69) is 0 Å². The van der Waals surface area contributed by atoms with Crippen LogP contribution in [0.3, 0.4) is 0 Å². The Bertz CT molecular complexity index is 317. The molecule has 0 atom stereocenters. The number of carbonyl (C=O) groups is 1. The van der Waals surface area contributed by atoms with Crippen molar-refractivity contribution in [2.75, 3.05) is 0 Å². The summed E-state index contributed by atoms with van der Waals surface area (Å²) in [5.41, 5.74) is 0.759. The van der Waals surface area contributed by atoms with E-state index in [0.717, 1.165) is 5.56 Å². The van der Waals surface area contributed by atoms with E-state index in [0.29, 0.717) is 5.75 Å². The van der Waals surface area contributed by atoms with E-state index in [1.807, 2.05) is 0 Å². The van der Waals surface area contributed by atoms with Crippen LogP contribution in [0.5, 0.6) is 11.5 Å². The van der Waals surface area contributed by atoms with Gasteiger partial charge in [-0.25, -0.2) is 0 Å². The van der Waals surface area contributed by atoms with E-state index in [9.17, 15) is 9.90 Å². The second-order valence-electron chi connectivity index (χ2n) is 2.42. The SMILES string of the molecule is O=C1Cc2cccc(O)c2O1. The molecule has 1 aromatic rings. The van der Waals surface area contributed by atoms with Gasteiger partial charge >= 0.3 is 5.97 Å². The zero-order chi connectivity index (χ0) is 7.84. The molecular formula is C8H6O3. The van der Waals surface area contributed by atoms with E-state index in [1.54, 1.807) is 12.1 Å². The van der Waals surface area contributed by atoms with Crippen LogP contribution in [-0.4, -0.2) is 11.1 Å². The summed E-state index contributed by atoms with van der Waals surface area (Å²) in [6.45, 7) is 0. The molecule has 1 N–H and O–H groups in total. The molecule has 0 fully saturated rings. The molecule has 0 bridgehead atoms. The Morgan fingerprint density at radius 2 is 2.27 bits per heavy atom. The van der Waals surface area contributed by atoms with Crippen LogP contribution < -0.4 is 4.74 Å². The number of phenols is 1. The molecule has 0 aliphatic carbocycles. The highest BCUT2D eigenvalue weighted by Crippen LogP contribution is 2.34. The van der Waals surface area contributed by atoms with Crippen molar-refractivity contribution >= 4 is 5.97 Å². The summed E-state index contributed by atoms with van der Waals surface area (Å²) in [5.74, 6) is 0.0485. The number of carbonyl (C=O) groups excluding carboxylic acids is 1. The lowest BCUT2D eigenvalue weighted by Gasteiger charge is -1.97. The molecule has 0 aromatic heterocycles. The number of esters is 1. The third-order valence-electron chi connectivity index (χ3n) is 1.63. The average molecular weight is 150 g/mol. The van der Waals surface area contributed by atoms with Crippen molar-refractivity contribution < 1.29 is 14.6 Å². The first kappa shape index (κ1) is 6.22. The predicted molar refractivity (Wildman–Crippen MR) is 37.4 cm³/mol. The van der Waals surface area contributed by atoms with Gasteiger partial charge in [0, 0.05) is 5.56 Å². The zero-order valence-electron chi connectivity index (χ0n) is 5.70. The van der Waals surface area contributed by atoms with Gasteiger partial charge in [0.15, 0.2) is 11.5 Å². The number of phenolic OH excluding ortho intramolecular Hbond substituents is 1. The van der Waals surface area contributed by atoms with E-state index < -0.39 is 0 Å². The van der Waals surface area contributed by atoms with Crippen LogP contribution >= 0.6 is 0 Å². The van der Waals surface area contributed by atoms with Crippen LogP contribution in [0.15, 0.2) is 18.2 Å². The number of aromatic hydroxyl groups is 1. The van der Waals surface area contributed by atoms with Gasteiger partial charge in [-0.15, -0.1) is 0 Å². The molecule has 1 aliphatic rings. The van der Waals surface area contributed by atoms with Gasteiger partial charge in [0.25, 0.3) is 0 Å². The normalized spacial score (nSPS) is 14.4. The van der Waals surface area contributed by atoms with E-state index >= 15 is 0 Å². The molecule has 11 heavy (non-hydrogen) atoms. The largest absolute Gasteiger partial charge is 0.504 e. The third kappa shape index (κ3) is 0.852. The van der Waals surface area contributed by atoms with Crippen LogP contribution in [0.4, 0.5) is 0 Å². The van der Waals surface area contributed by atoms with Crippen molar-refractivity contribution in [3.63, 3.8) is 0 Å². The van der Waals surface area contributed by atoms with Crippen molar-refractivity contribution in [2.45, 2.75) is 6.42 Å². The number of benzene rings is 1. The lowest BCUT2D eigenvalue weighted by molar-refractivity contribution is -0.131. The van der Waals surface area contributed by atoms with Crippen LogP contribution in [0.2, 0.25) is 0 Å². The van der Waals surface area contributed by atoms with Crippen molar-refractivity contribution in [3.8, 4) is 11.5 Å². The fourth-order valence-corrected chi connectivity index (χ4v) is 1.13. The van der Waals surface area contributed by atoms with Crippen molar-refractivity contribution in [1.82, 2.24) is 0 Å². The Kier molecular flexibility index (Phi) is 1.12. The average Bonchev–Trinajstić information content (AvgIpc) is 2.31. The number of ether oxygens (including phenoxy) is 1. The number of hydrogen-bond acceptors (Lipinski definition) is 3. The van der Waals surface area contributed by atoms with Crippen LogP contribution in [-0.2, 0) is 11.2 Å². The molecule has 0 unspecified atom stereocenters. The smallest absolute Gasteiger partial charge is 0.315 e. The second-order valence-corrected chi connectivity index (χ2v) is 2.42. The Morgan fingerprint density at radius 3 is 3.00 bits per heavy atom. The molecule has 0 spiro atoms. The molecule has 3 nitrogen and oxygen atoms in total. The Hall–Kier alpha value is -1.51. The van der Waals surface area contributed by atoms with E-state index in [4.69, 9.17) is 4.74 Å². The topological polar surface area (TPSA) is 46.5 Å². The van der Waals surface area contributed by atoms with E-state index in [-0.39, 0.29) is 18.1 Å². The lowest BCUT2D eigenvalue weighted by Crippen LogP contribution is -2.00. The fourth-order valence-electron chi connectivity index (χ4n) is 1.13. The maximum Gasteiger partial charge on any atom is 0.315 e. The first-order valence-corrected chi connectivity index (χ1v) is 3.29. The van der Waals surface area contributed by atoms with Crippen molar-refractivity contribution in [2.24, 2.45) is 0 Å². The summed E-state index contributed by atoms with van der Waals surface area (Å²) in [7, 11) is 0. The molecule has 3 heteroatoms. The summed E-state index contributed by atoms with van der Waals surface area (Å²) in [5, 5.41) is 9.17. The molecule has 1 aromatic carbocycles. The molecule has 56 valence electrons. The maximum atomic E-state index is 10.7. The standard InChI is InChI=1S/C8H6O3/c9-6-3-1-2-5-4-7(10)11-8(5)6/h1-3,9H,4H2. The highest BCUT2D eigenvalue weighted by atomic mass is 16.5. The molecule has 1 heterocycles. The third-order valence-corrected chi connectivity index (χ3v) is 1.63. The predicted octanol–water partition coefficient (Wildman–Crippen LogP) is 0.854.